The Hall–Kier alpha value is -3.00. The summed E-state index contributed by atoms with van der Waals surface area (Å²) in [4.78, 5) is 23.2. The largest absolute Gasteiger partial charge is 0.472 e. The lowest BCUT2D eigenvalue weighted by Crippen LogP contribution is -2.64. The Morgan fingerprint density at radius 3 is 1.32 bits per heavy atom. The summed E-state index contributed by atoms with van der Waals surface area (Å²) >= 11 is 0. The first-order valence-electron chi connectivity index (χ1n) is 25.7. The number of phosphoric ester groups is 1. The highest BCUT2D eigenvalue weighted by atomic mass is 31.2. The van der Waals surface area contributed by atoms with Crippen LogP contribution in [0.25, 0.3) is 0 Å². The second-order valence-corrected chi connectivity index (χ2v) is 18.7. The summed E-state index contributed by atoms with van der Waals surface area (Å²) in [6.07, 6.45) is 50.2. The lowest BCUT2D eigenvalue weighted by molar-refractivity contribution is -0.220. The normalized spacial score (nSPS) is 22.1. The van der Waals surface area contributed by atoms with Crippen molar-refractivity contribution < 1.29 is 58.3 Å². The van der Waals surface area contributed by atoms with E-state index in [-0.39, 0.29) is 13.0 Å². The third-order valence-electron chi connectivity index (χ3n) is 11.1. The molecular formula is C55H91O12P. The molecule has 6 N–H and O–H groups in total. The maximum absolute atomic E-state index is 12.9. The van der Waals surface area contributed by atoms with Crippen LogP contribution in [-0.2, 0) is 27.9 Å². The minimum atomic E-state index is -5.05. The van der Waals surface area contributed by atoms with Gasteiger partial charge >= 0.3 is 13.8 Å². The van der Waals surface area contributed by atoms with Crippen LogP contribution in [0.2, 0.25) is 0 Å². The van der Waals surface area contributed by atoms with Crippen molar-refractivity contribution in [2.45, 2.75) is 211 Å². The van der Waals surface area contributed by atoms with E-state index in [0.717, 1.165) is 77.0 Å². The van der Waals surface area contributed by atoms with Crippen LogP contribution in [0.3, 0.4) is 0 Å². The molecule has 0 aromatic rings. The molecular weight excluding hydrogens is 884 g/mol. The summed E-state index contributed by atoms with van der Waals surface area (Å²) in [6.45, 7) is 4.02. The Kier molecular flexibility index (Phi) is 40.8. The van der Waals surface area contributed by atoms with Crippen LogP contribution in [0.4, 0.5) is 0 Å². The highest BCUT2D eigenvalue weighted by Gasteiger charge is 2.51. The maximum atomic E-state index is 12.9. The molecule has 0 amide bonds. The number of ether oxygens (including phenoxy) is 2. The predicted molar refractivity (Wildman–Crippen MR) is 276 cm³/mol. The van der Waals surface area contributed by atoms with Crippen LogP contribution in [0, 0.1) is 0 Å². The van der Waals surface area contributed by atoms with Gasteiger partial charge in [-0.25, -0.2) is 4.57 Å². The predicted octanol–water partition coefficient (Wildman–Crippen LogP) is 11.6. The van der Waals surface area contributed by atoms with Crippen LogP contribution in [0.1, 0.15) is 168 Å². The average molecular weight is 975 g/mol. The van der Waals surface area contributed by atoms with E-state index in [4.69, 9.17) is 18.5 Å². The van der Waals surface area contributed by atoms with Crippen LogP contribution in [0.15, 0.2) is 109 Å². The van der Waals surface area contributed by atoms with Crippen molar-refractivity contribution >= 4 is 13.8 Å². The van der Waals surface area contributed by atoms with Crippen LogP contribution < -0.4 is 0 Å². The molecule has 1 rings (SSSR count). The second kappa shape index (κ2) is 44.0. The molecule has 0 aliphatic heterocycles. The molecule has 68 heavy (non-hydrogen) atoms. The molecule has 0 heterocycles. The van der Waals surface area contributed by atoms with Crippen LogP contribution >= 0.6 is 7.82 Å². The SMILES string of the molecule is CC/C=C\C/C=C\C/C=C\C/C=C\C/C=C\C/C=C\CCC(=O)OC(COCCCCCCCCC/C=C\C/C=C\C/C=C\CCCCCCC)COP(=O)(O)OC1C(O)C(O)C(O)C(O)C1O. The van der Waals surface area contributed by atoms with Gasteiger partial charge in [0.1, 0.15) is 42.7 Å². The van der Waals surface area contributed by atoms with Gasteiger partial charge in [-0.05, 0) is 89.9 Å². The topological polar surface area (TPSA) is 192 Å². The molecule has 6 atom stereocenters. The van der Waals surface area contributed by atoms with E-state index in [0.29, 0.717) is 19.4 Å². The monoisotopic (exact) mass is 975 g/mol. The van der Waals surface area contributed by atoms with E-state index in [9.17, 15) is 39.8 Å². The van der Waals surface area contributed by atoms with Crippen molar-refractivity contribution in [2.24, 2.45) is 0 Å². The van der Waals surface area contributed by atoms with Crippen molar-refractivity contribution in [1.82, 2.24) is 0 Å². The number of hydrogen-bond donors (Lipinski definition) is 6. The van der Waals surface area contributed by atoms with Crippen molar-refractivity contribution in [2.75, 3.05) is 19.8 Å². The summed E-state index contributed by atoms with van der Waals surface area (Å²) < 4.78 is 34.2. The fourth-order valence-corrected chi connectivity index (χ4v) is 8.07. The van der Waals surface area contributed by atoms with E-state index in [1.54, 1.807) is 0 Å². The number of unbranched alkanes of at least 4 members (excludes halogenated alkanes) is 12. The summed E-state index contributed by atoms with van der Waals surface area (Å²) in [7, 11) is -5.05. The molecule has 0 aromatic carbocycles. The Labute approximate surface area is 410 Å². The van der Waals surface area contributed by atoms with Gasteiger partial charge in [0.05, 0.1) is 13.2 Å². The molecule has 12 nitrogen and oxygen atoms in total. The molecule has 0 bridgehead atoms. The number of aliphatic hydroxyl groups is 5. The Morgan fingerprint density at radius 1 is 0.485 bits per heavy atom. The molecule has 13 heteroatoms. The number of allylic oxidation sites excluding steroid dienone is 18. The molecule has 0 spiro atoms. The van der Waals surface area contributed by atoms with Gasteiger partial charge in [0.2, 0.25) is 0 Å². The van der Waals surface area contributed by atoms with Gasteiger partial charge in [-0.3, -0.25) is 13.8 Å². The first kappa shape index (κ1) is 63.0. The minimum Gasteiger partial charge on any atom is -0.457 e. The Morgan fingerprint density at radius 2 is 0.868 bits per heavy atom. The Bertz CT molecular complexity index is 1530. The maximum Gasteiger partial charge on any atom is 0.472 e. The molecule has 0 radical (unpaired) electrons. The lowest BCUT2D eigenvalue weighted by atomic mass is 9.85. The van der Waals surface area contributed by atoms with E-state index >= 15 is 0 Å². The summed E-state index contributed by atoms with van der Waals surface area (Å²) in [5, 5.41) is 50.3. The van der Waals surface area contributed by atoms with E-state index in [2.05, 4.69) is 111 Å². The quantitative estimate of drug-likeness (QED) is 0.0147. The van der Waals surface area contributed by atoms with Gasteiger partial charge < -0.3 is 39.9 Å². The van der Waals surface area contributed by atoms with Crippen molar-refractivity contribution in [3.05, 3.63) is 109 Å². The summed E-state index contributed by atoms with van der Waals surface area (Å²) in [5.74, 6) is -0.567. The van der Waals surface area contributed by atoms with Gasteiger partial charge in [-0.2, -0.15) is 0 Å². The highest BCUT2D eigenvalue weighted by molar-refractivity contribution is 7.47. The smallest absolute Gasteiger partial charge is 0.457 e. The molecule has 1 fully saturated rings. The molecule has 1 aliphatic rings. The Balaban J connectivity index is 2.42. The number of rotatable bonds is 42. The number of aliphatic hydroxyl groups excluding tert-OH is 5. The number of hydrogen-bond acceptors (Lipinski definition) is 11. The summed E-state index contributed by atoms with van der Waals surface area (Å²) in [6, 6.07) is 0. The second-order valence-electron chi connectivity index (χ2n) is 17.3. The minimum absolute atomic E-state index is 0.0512. The van der Waals surface area contributed by atoms with E-state index < -0.39 is 63.1 Å². The van der Waals surface area contributed by atoms with Crippen LogP contribution in [-0.4, -0.2) is 98.9 Å². The van der Waals surface area contributed by atoms with E-state index in [1.807, 2.05) is 12.2 Å². The van der Waals surface area contributed by atoms with E-state index in [1.165, 1.54) is 57.8 Å². The van der Waals surface area contributed by atoms with Gasteiger partial charge in [-0.15, -0.1) is 0 Å². The highest BCUT2D eigenvalue weighted by Crippen LogP contribution is 2.47. The first-order chi connectivity index (χ1) is 33.0. The zero-order valence-corrected chi connectivity index (χ0v) is 42.5. The van der Waals surface area contributed by atoms with Gasteiger partial charge in [0, 0.05) is 13.0 Å². The molecule has 1 aliphatic carbocycles. The van der Waals surface area contributed by atoms with Crippen LogP contribution in [0.5, 0.6) is 0 Å². The third-order valence-corrected chi connectivity index (χ3v) is 12.1. The summed E-state index contributed by atoms with van der Waals surface area (Å²) in [5.41, 5.74) is 0. The number of esters is 1. The fourth-order valence-electron chi connectivity index (χ4n) is 7.09. The van der Waals surface area contributed by atoms with Gasteiger partial charge in [0.25, 0.3) is 0 Å². The average Bonchev–Trinajstić information content (AvgIpc) is 3.32. The standard InChI is InChI=1S/C55H91O12P/c1-3-5-7-9-11-13-15-17-19-21-23-24-25-27-29-31-33-35-37-39-41-43-45-64-46-48(47-65-68(62,63)67-55-53(60)51(58)50(57)52(59)54(55)61)66-49(56)44-42-40-38-36-34-32-30-28-26-22-20-18-16-14-12-10-8-6-4-2/h6,8,12,14-15,17-18,20-21,23,25-28,32,34,38,40,48,50-55,57-61H,3-5,7,9-11,13,16,19,22,24,29-31,33,35-37,39,41-47H2,1-2H3,(H,62,63)/b8-6-,14-12-,17-15-,20-18-,23-21-,27-25-,28-26-,34-32-,40-38-. The number of carbonyl (C=O) groups excluding carboxylic acids is 1. The van der Waals surface area contributed by atoms with Crippen molar-refractivity contribution in [3.8, 4) is 0 Å². The zero-order valence-electron chi connectivity index (χ0n) is 41.6. The van der Waals surface area contributed by atoms with Crippen molar-refractivity contribution in [3.63, 3.8) is 0 Å². The number of carbonyl (C=O) groups is 1. The molecule has 1 saturated carbocycles. The lowest BCUT2D eigenvalue weighted by Gasteiger charge is -2.41. The zero-order chi connectivity index (χ0) is 49.8. The fraction of sp³-hybridized carbons (Fsp3) is 0.655. The molecule has 0 saturated heterocycles. The van der Waals surface area contributed by atoms with Gasteiger partial charge in [-0.1, -0.05) is 181 Å². The van der Waals surface area contributed by atoms with Crippen molar-refractivity contribution in [1.29, 1.82) is 0 Å². The van der Waals surface area contributed by atoms with Gasteiger partial charge in [0.15, 0.2) is 0 Å². The first-order valence-corrected chi connectivity index (χ1v) is 27.2. The molecule has 0 aromatic heterocycles. The molecule has 6 unspecified atom stereocenters. The third kappa shape index (κ3) is 35.2. The molecule has 388 valence electrons. The number of phosphoric acid groups is 1.